The second kappa shape index (κ2) is 10.5. The zero-order valence-electron chi connectivity index (χ0n) is 22.8. The van der Waals surface area contributed by atoms with Crippen LogP contribution in [0.4, 0.5) is 10.1 Å². The fourth-order valence-corrected chi connectivity index (χ4v) is 6.94. The minimum atomic E-state index is -0.553. The van der Waals surface area contributed by atoms with Gasteiger partial charge in [0.1, 0.15) is 16.8 Å². The predicted molar refractivity (Wildman–Crippen MR) is 153 cm³/mol. The number of hydrogen-bond donors (Lipinski definition) is 1. The molecule has 3 saturated heterocycles. The molecule has 9 heteroatoms. The van der Waals surface area contributed by atoms with Crippen LogP contribution in [0.25, 0.3) is 16.6 Å². The van der Waals surface area contributed by atoms with E-state index in [9.17, 15) is 9.59 Å². The molecule has 1 N–H and O–H groups in total. The van der Waals surface area contributed by atoms with Gasteiger partial charge in [-0.3, -0.25) is 9.59 Å². The Morgan fingerprint density at radius 2 is 1.73 bits per heavy atom. The Morgan fingerprint density at radius 1 is 1.00 bits per heavy atom. The first-order valence-corrected chi connectivity index (χ1v) is 14.8. The summed E-state index contributed by atoms with van der Waals surface area (Å²) in [5, 5.41) is 3.40. The summed E-state index contributed by atoms with van der Waals surface area (Å²) in [4.78, 5) is 34.2. The van der Waals surface area contributed by atoms with E-state index in [4.69, 9.17) is 4.74 Å². The molecule has 1 aromatic heterocycles. The SMILES string of the molecule is O=C(c1cn2c3c(c(NCCN4CCCC4)c(F)cc3c1=O)Oc1ccccc1-2)N1CCC(N2CCCC2)CC1. The van der Waals surface area contributed by atoms with Gasteiger partial charge < -0.3 is 29.3 Å². The van der Waals surface area contributed by atoms with Crippen LogP contribution in [0.3, 0.4) is 0 Å². The number of carbonyl (C=O) groups is 1. The van der Waals surface area contributed by atoms with Crippen molar-refractivity contribution in [3.63, 3.8) is 0 Å². The fourth-order valence-electron chi connectivity index (χ4n) is 6.94. The van der Waals surface area contributed by atoms with Crippen LogP contribution in [0.1, 0.15) is 48.9 Å². The van der Waals surface area contributed by atoms with Crippen LogP contribution in [0.15, 0.2) is 41.3 Å². The van der Waals surface area contributed by atoms with E-state index >= 15 is 4.39 Å². The summed E-state index contributed by atoms with van der Waals surface area (Å²) < 4.78 is 23.7. The quantitative estimate of drug-likeness (QED) is 0.386. The Balaban J connectivity index is 1.24. The highest BCUT2D eigenvalue weighted by Crippen LogP contribution is 2.45. The summed E-state index contributed by atoms with van der Waals surface area (Å²) >= 11 is 0. The molecule has 4 aliphatic heterocycles. The normalized spacial score (nSPS) is 19.7. The molecule has 3 aromatic rings. The summed E-state index contributed by atoms with van der Waals surface area (Å²) in [5.74, 6) is 0.00728. The van der Waals surface area contributed by atoms with E-state index in [-0.39, 0.29) is 28.3 Å². The Hall–Kier alpha value is -3.43. The van der Waals surface area contributed by atoms with Crippen molar-refractivity contribution in [3.05, 3.63) is 58.1 Å². The third-order valence-corrected chi connectivity index (χ3v) is 9.10. The largest absolute Gasteiger partial charge is 0.451 e. The first kappa shape index (κ1) is 25.5. The van der Waals surface area contributed by atoms with Crippen molar-refractivity contribution >= 4 is 22.5 Å². The molecule has 1 amide bonds. The maximum absolute atomic E-state index is 15.7. The number of pyridine rings is 1. The topological polar surface area (TPSA) is 70.0 Å². The van der Waals surface area contributed by atoms with Crippen LogP contribution >= 0.6 is 0 Å². The number of amides is 1. The van der Waals surface area contributed by atoms with Crippen molar-refractivity contribution in [2.75, 3.05) is 57.7 Å². The van der Waals surface area contributed by atoms with Crippen molar-refractivity contribution in [1.29, 1.82) is 0 Å². The number of carbonyl (C=O) groups excluding carboxylic acids is 1. The van der Waals surface area contributed by atoms with E-state index in [0.29, 0.717) is 36.9 Å². The molecule has 3 fully saturated rings. The monoisotopic (exact) mass is 545 g/mol. The maximum atomic E-state index is 15.7. The van der Waals surface area contributed by atoms with Crippen molar-refractivity contribution in [3.8, 4) is 17.2 Å². The molecule has 2 aromatic carbocycles. The minimum Gasteiger partial charge on any atom is -0.451 e. The van der Waals surface area contributed by atoms with Gasteiger partial charge in [0.05, 0.1) is 11.1 Å². The Kier molecular flexibility index (Phi) is 6.71. The van der Waals surface area contributed by atoms with E-state index in [1.807, 2.05) is 28.8 Å². The smallest absolute Gasteiger partial charge is 0.259 e. The lowest BCUT2D eigenvalue weighted by atomic mass is 10.0. The van der Waals surface area contributed by atoms with Crippen LogP contribution in [-0.2, 0) is 0 Å². The van der Waals surface area contributed by atoms with Gasteiger partial charge in [0, 0.05) is 38.4 Å². The molecule has 4 aliphatic rings. The average molecular weight is 546 g/mol. The molecular weight excluding hydrogens is 509 g/mol. The summed E-state index contributed by atoms with van der Waals surface area (Å²) in [6.07, 6.45) is 8.34. The summed E-state index contributed by atoms with van der Waals surface area (Å²) in [5.41, 5.74) is 1.07. The van der Waals surface area contributed by atoms with Crippen LogP contribution in [0, 0.1) is 5.82 Å². The number of nitrogens with one attached hydrogen (secondary N) is 1. The molecule has 8 nitrogen and oxygen atoms in total. The van der Waals surface area contributed by atoms with Gasteiger partial charge in [-0.2, -0.15) is 0 Å². The van der Waals surface area contributed by atoms with Gasteiger partial charge in [0.2, 0.25) is 5.43 Å². The van der Waals surface area contributed by atoms with E-state index < -0.39 is 11.2 Å². The number of benzene rings is 2. The number of aromatic nitrogens is 1. The molecule has 0 bridgehead atoms. The lowest BCUT2D eigenvalue weighted by molar-refractivity contribution is 0.0643. The molecule has 5 heterocycles. The van der Waals surface area contributed by atoms with Crippen LogP contribution < -0.4 is 15.5 Å². The Labute approximate surface area is 233 Å². The lowest BCUT2D eigenvalue weighted by Gasteiger charge is -2.36. The number of para-hydroxylation sites is 2. The van der Waals surface area contributed by atoms with Crippen molar-refractivity contribution in [2.24, 2.45) is 0 Å². The summed E-state index contributed by atoms with van der Waals surface area (Å²) in [7, 11) is 0. The Bertz CT molecular complexity index is 1500. The molecule has 0 unspecified atom stereocenters. The first-order valence-electron chi connectivity index (χ1n) is 14.8. The van der Waals surface area contributed by atoms with E-state index in [1.165, 1.54) is 31.7 Å². The van der Waals surface area contributed by atoms with E-state index in [1.54, 1.807) is 11.1 Å². The first-order chi connectivity index (χ1) is 19.6. The Morgan fingerprint density at radius 3 is 2.50 bits per heavy atom. The molecule has 0 radical (unpaired) electrons. The van der Waals surface area contributed by atoms with E-state index in [2.05, 4.69) is 15.1 Å². The van der Waals surface area contributed by atoms with E-state index in [0.717, 1.165) is 51.3 Å². The number of hydrogen-bond acceptors (Lipinski definition) is 6. The number of likely N-dealkylation sites (tertiary alicyclic amines) is 3. The van der Waals surface area contributed by atoms with Gasteiger partial charge in [-0.1, -0.05) is 12.1 Å². The lowest BCUT2D eigenvalue weighted by Crippen LogP contribution is -2.46. The van der Waals surface area contributed by atoms with Crippen LogP contribution in [-0.4, -0.2) is 83.6 Å². The zero-order valence-corrected chi connectivity index (χ0v) is 22.8. The fraction of sp³-hybridized carbons (Fsp3) is 0.484. The predicted octanol–water partition coefficient (Wildman–Crippen LogP) is 4.44. The van der Waals surface area contributed by atoms with Crippen molar-refractivity contribution in [2.45, 2.75) is 44.6 Å². The summed E-state index contributed by atoms with van der Waals surface area (Å²) in [6.45, 7) is 7.01. The highest BCUT2D eigenvalue weighted by atomic mass is 19.1. The highest BCUT2D eigenvalue weighted by Gasteiger charge is 2.32. The summed E-state index contributed by atoms with van der Waals surface area (Å²) in [6, 6.07) is 9.24. The number of rotatable bonds is 6. The molecule has 7 rings (SSSR count). The van der Waals surface area contributed by atoms with Crippen molar-refractivity contribution < 1.29 is 13.9 Å². The molecule has 210 valence electrons. The van der Waals surface area contributed by atoms with Crippen molar-refractivity contribution in [1.82, 2.24) is 19.3 Å². The zero-order chi connectivity index (χ0) is 27.2. The minimum absolute atomic E-state index is 0.0731. The number of ether oxygens (including phenoxy) is 1. The van der Waals surface area contributed by atoms with Gasteiger partial charge in [-0.15, -0.1) is 0 Å². The van der Waals surface area contributed by atoms with Gasteiger partial charge in [-0.25, -0.2) is 4.39 Å². The molecular formula is C31H36FN5O3. The number of anilines is 1. The third kappa shape index (κ3) is 4.45. The standard InChI is InChI=1S/C31H36FN5O3/c32-24-19-22-28-30(27(24)33-11-18-34-12-3-4-13-34)40-26-8-2-1-7-25(26)37(28)20-23(29(22)38)31(39)36-16-9-21(10-17-36)35-14-5-6-15-35/h1-2,7-8,19-21,33H,3-6,9-18H2. The number of piperidine rings is 1. The molecule has 0 atom stereocenters. The maximum Gasteiger partial charge on any atom is 0.259 e. The van der Waals surface area contributed by atoms with Crippen LogP contribution in [0.2, 0.25) is 0 Å². The number of nitrogens with zero attached hydrogens (tertiary/aromatic N) is 4. The highest BCUT2D eigenvalue weighted by molar-refractivity contribution is 6.01. The number of halogens is 1. The van der Waals surface area contributed by atoms with Crippen LogP contribution in [0.5, 0.6) is 11.5 Å². The molecule has 0 saturated carbocycles. The molecule has 0 spiro atoms. The molecule has 0 aliphatic carbocycles. The average Bonchev–Trinajstić information content (AvgIpc) is 3.71. The third-order valence-electron chi connectivity index (χ3n) is 9.10. The van der Waals surface area contributed by atoms with Gasteiger partial charge in [0.25, 0.3) is 5.91 Å². The second-order valence-corrected chi connectivity index (χ2v) is 11.5. The van der Waals surface area contributed by atoms with Gasteiger partial charge in [-0.05, 0) is 82.9 Å². The van der Waals surface area contributed by atoms with Gasteiger partial charge >= 0.3 is 0 Å². The molecule has 40 heavy (non-hydrogen) atoms. The number of fused-ring (bicyclic) bond motifs is 2. The second-order valence-electron chi connectivity index (χ2n) is 11.5. The van der Waals surface area contributed by atoms with Gasteiger partial charge in [0.15, 0.2) is 17.3 Å².